The summed E-state index contributed by atoms with van der Waals surface area (Å²) in [5.41, 5.74) is 2.59. The Morgan fingerprint density at radius 3 is 2.62 bits per heavy atom. The maximum absolute atomic E-state index is 12.2. The van der Waals surface area contributed by atoms with Crippen LogP contribution in [0.3, 0.4) is 0 Å². The molecule has 0 aliphatic carbocycles. The molecule has 1 aromatic carbocycles. The zero-order valence-corrected chi connectivity index (χ0v) is 14.0. The number of nitrogens with one attached hydrogen (secondary N) is 1. The fourth-order valence-electron chi connectivity index (χ4n) is 2.58. The van der Waals surface area contributed by atoms with Crippen molar-refractivity contribution in [3.63, 3.8) is 0 Å². The molecule has 1 amide bonds. The number of amides is 1. The van der Waals surface area contributed by atoms with Gasteiger partial charge in [0.25, 0.3) is 0 Å². The van der Waals surface area contributed by atoms with Crippen molar-refractivity contribution in [3.8, 4) is 5.75 Å². The lowest BCUT2D eigenvalue weighted by molar-refractivity contribution is -0.274. The van der Waals surface area contributed by atoms with Crippen LogP contribution in [0.1, 0.15) is 11.3 Å². The first-order valence-corrected chi connectivity index (χ1v) is 7.65. The lowest BCUT2D eigenvalue weighted by Gasteiger charge is -2.09. The standard InChI is InChI=1S/C17H15F3N4O2/c1-10-14-8-12(9-21-16(14)24(2)23-10)22-15(25)7-11-3-5-13(6-4-11)26-17(18,19)20/h3-6,8-9H,7H2,1-2H3,(H,22,25). The van der Waals surface area contributed by atoms with Crippen molar-refractivity contribution >= 4 is 22.6 Å². The van der Waals surface area contributed by atoms with Crippen LogP contribution >= 0.6 is 0 Å². The molecule has 0 aliphatic rings. The summed E-state index contributed by atoms with van der Waals surface area (Å²) in [7, 11) is 1.78. The van der Waals surface area contributed by atoms with Gasteiger partial charge in [0, 0.05) is 12.4 Å². The Kier molecular flexibility index (Phi) is 4.54. The molecular weight excluding hydrogens is 349 g/mol. The van der Waals surface area contributed by atoms with Gasteiger partial charge in [-0.2, -0.15) is 5.10 Å². The van der Waals surface area contributed by atoms with Gasteiger partial charge in [0.05, 0.1) is 24.0 Å². The number of hydrogen-bond acceptors (Lipinski definition) is 4. The Labute approximate surface area is 146 Å². The molecule has 26 heavy (non-hydrogen) atoms. The second-order valence-electron chi connectivity index (χ2n) is 5.72. The van der Waals surface area contributed by atoms with Gasteiger partial charge in [0.15, 0.2) is 5.65 Å². The molecule has 1 N–H and O–H groups in total. The lowest BCUT2D eigenvalue weighted by atomic mass is 10.1. The van der Waals surface area contributed by atoms with E-state index in [1.165, 1.54) is 30.5 Å². The number of anilines is 1. The molecule has 2 aromatic heterocycles. The number of carbonyl (C=O) groups excluding carboxylic acids is 1. The summed E-state index contributed by atoms with van der Waals surface area (Å²) in [4.78, 5) is 16.4. The molecule has 0 fully saturated rings. The molecule has 3 aromatic rings. The summed E-state index contributed by atoms with van der Waals surface area (Å²) in [5.74, 6) is -0.638. The zero-order valence-electron chi connectivity index (χ0n) is 14.0. The van der Waals surface area contributed by atoms with Gasteiger partial charge < -0.3 is 10.1 Å². The molecule has 0 unspecified atom stereocenters. The van der Waals surface area contributed by atoms with Gasteiger partial charge in [0.1, 0.15) is 5.75 Å². The molecule has 0 aliphatic heterocycles. The smallest absolute Gasteiger partial charge is 0.406 e. The number of ether oxygens (including phenoxy) is 1. The fraction of sp³-hybridized carbons (Fsp3) is 0.235. The summed E-state index contributed by atoms with van der Waals surface area (Å²) in [6.07, 6.45) is -3.20. The molecule has 136 valence electrons. The van der Waals surface area contributed by atoms with Crippen LogP contribution in [0.5, 0.6) is 5.75 Å². The van der Waals surface area contributed by atoms with E-state index in [9.17, 15) is 18.0 Å². The van der Waals surface area contributed by atoms with Crippen LogP contribution in [0.4, 0.5) is 18.9 Å². The molecular formula is C17H15F3N4O2. The second kappa shape index (κ2) is 6.66. The maximum Gasteiger partial charge on any atom is 0.573 e. The number of rotatable bonds is 4. The summed E-state index contributed by atoms with van der Waals surface area (Å²) in [6, 6.07) is 6.94. The van der Waals surface area contributed by atoms with E-state index >= 15 is 0 Å². The molecule has 0 atom stereocenters. The highest BCUT2D eigenvalue weighted by Crippen LogP contribution is 2.23. The average Bonchev–Trinajstić information content (AvgIpc) is 2.82. The van der Waals surface area contributed by atoms with Crippen LogP contribution in [-0.4, -0.2) is 27.0 Å². The summed E-state index contributed by atoms with van der Waals surface area (Å²) in [5, 5.41) is 7.82. The SMILES string of the molecule is Cc1nn(C)c2ncc(NC(=O)Cc3ccc(OC(F)(F)F)cc3)cc12. The molecule has 9 heteroatoms. The maximum atomic E-state index is 12.2. The Hall–Kier alpha value is -3.10. The van der Waals surface area contributed by atoms with Gasteiger partial charge in [-0.1, -0.05) is 12.1 Å². The van der Waals surface area contributed by atoms with E-state index in [1.54, 1.807) is 17.8 Å². The third kappa shape index (κ3) is 4.11. The Morgan fingerprint density at radius 2 is 1.96 bits per heavy atom. The summed E-state index contributed by atoms with van der Waals surface area (Å²) < 4.78 is 41.9. The van der Waals surface area contributed by atoms with Crippen LogP contribution in [0.25, 0.3) is 11.0 Å². The van der Waals surface area contributed by atoms with E-state index < -0.39 is 6.36 Å². The lowest BCUT2D eigenvalue weighted by Crippen LogP contribution is -2.17. The van der Waals surface area contributed by atoms with Crippen LogP contribution < -0.4 is 10.1 Å². The minimum Gasteiger partial charge on any atom is -0.406 e. The molecule has 0 spiro atoms. The molecule has 2 heterocycles. The highest BCUT2D eigenvalue weighted by molar-refractivity contribution is 5.94. The second-order valence-corrected chi connectivity index (χ2v) is 5.72. The number of pyridine rings is 1. The normalized spacial score (nSPS) is 11.6. The van der Waals surface area contributed by atoms with Crippen molar-refractivity contribution in [3.05, 3.63) is 47.8 Å². The molecule has 0 bridgehead atoms. The summed E-state index contributed by atoms with van der Waals surface area (Å²) >= 11 is 0. The van der Waals surface area contributed by atoms with Crippen molar-refractivity contribution in [2.24, 2.45) is 7.05 Å². The Bertz CT molecular complexity index is 949. The van der Waals surface area contributed by atoms with Crippen molar-refractivity contribution in [2.75, 3.05) is 5.32 Å². The molecule has 3 rings (SSSR count). The Balaban J connectivity index is 1.66. The quantitative estimate of drug-likeness (QED) is 0.771. The predicted molar refractivity (Wildman–Crippen MR) is 88.7 cm³/mol. The van der Waals surface area contributed by atoms with Crippen LogP contribution in [0.15, 0.2) is 36.5 Å². The monoisotopic (exact) mass is 364 g/mol. The van der Waals surface area contributed by atoms with E-state index in [1.807, 2.05) is 6.92 Å². The number of carbonyl (C=O) groups is 1. The first kappa shape index (κ1) is 17.7. The van der Waals surface area contributed by atoms with Crippen LogP contribution in [-0.2, 0) is 18.3 Å². The van der Waals surface area contributed by atoms with Crippen molar-refractivity contribution in [1.82, 2.24) is 14.8 Å². The Morgan fingerprint density at radius 1 is 1.27 bits per heavy atom. The minimum absolute atomic E-state index is 0.0103. The van der Waals surface area contributed by atoms with E-state index in [0.717, 1.165) is 11.1 Å². The van der Waals surface area contributed by atoms with Crippen molar-refractivity contribution in [2.45, 2.75) is 19.7 Å². The molecule has 6 nitrogen and oxygen atoms in total. The number of nitrogens with zero attached hydrogens (tertiary/aromatic N) is 3. The zero-order chi connectivity index (χ0) is 18.9. The van der Waals surface area contributed by atoms with Crippen molar-refractivity contribution in [1.29, 1.82) is 0 Å². The first-order valence-electron chi connectivity index (χ1n) is 7.65. The first-order chi connectivity index (χ1) is 12.2. The molecule has 0 saturated heterocycles. The van der Waals surface area contributed by atoms with Gasteiger partial charge in [-0.05, 0) is 30.7 Å². The van der Waals surface area contributed by atoms with Crippen molar-refractivity contribution < 1.29 is 22.7 Å². The van der Waals surface area contributed by atoms with Gasteiger partial charge in [0.2, 0.25) is 5.91 Å². The van der Waals surface area contributed by atoms with E-state index in [0.29, 0.717) is 16.9 Å². The number of aromatic nitrogens is 3. The van der Waals surface area contributed by atoms with E-state index in [-0.39, 0.29) is 18.1 Å². The summed E-state index contributed by atoms with van der Waals surface area (Å²) in [6.45, 7) is 1.85. The van der Waals surface area contributed by atoms with E-state index in [2.05, 4.69) is 20.1 Å². The van der Waals surface area contributed by atoms with Crippen LogP contribution in [0, 0.1) is 6.92 Å². The third-order valence-corrected chi connectivity index (χ3v) is 3.67. The molecule has 0 saturated carbocycles. The molecule has 0 radical (unpaired) electrons. The van der Waals surface area contributed by atoms with Gasteiger partial charge in [-0.3, -0.25) is 9.48 Å². The topological polar surface area (TPSA) is 69.0 Å². The average molecular weight is 364 g/mol. The predicted octanol–water partition coefficient (Wildman–Crippen LogP) is 3.36. The largest absolute Gasteiger partial charge is 0.573 e. The highest BCUT2D eigenvalue weighted by atomic mass is 19.4. The number of alkyl halides is 3. The van der Waals surface area contributed by atoms with Gasteiger partial charge in [-0.15, -0.1) is 13.2 Å². The van der Waals surface area contributed by atoms with E-state index in [4.69, 9.17) is 0 Å². The highest BCUT2D eigenvalue weighted by Gasteiger charge is 2.30. The number of halogens is 3. The number of benzene rings is 1. The number of aryl methyl sites for hydroxylation is 2. The number of fused-ring (bicyclic) bond motifs is 1. The van der Waals surface area contributed by atoms with Gasteiger partial charge >= 0.3 is 6.36 Å². The minimum atomic E-state index is -4.74. The number of hydrogen-bond donors (Lipinski definition) is 1. The fourth-order valence-corrected chi connectivity index (χ4v) is 2.58. The third-order valence-electron chi connectivity index (χ3n) is 3.67. The van der Waals surface area contributed by atoms with Crippen LogP contribution in [0.2, 0.25) is 0 Å². The van der Waals surface area contributed by atoms with Gasteiger partial charge in [-0.25, -0.2) is 4.98 Å².